The first kappa shape index (κ1) is 40.1. The first-order chi connectivity index (χ1) is 25.3. The number of alkyl halides is 8. The summed E-state index contributed by atoms with van der Waals surface area (Å²) in [6.45, 7) is 3.78. The summed E-state index contributed by atoms with van der Waals surface area (Å²) in [6, 6.07) is 10.7. The van der Waals surface area contributed by atoms with E-state index in [-0.39, 0.29) is 25.0 Å². The SMILES string of the molecule is CCc1ccc(-c2ccc(C(=O)OC)cc2C)cc1-c1cnc(N2CC(F)(F)C2)nc1CN(C)[C@@H](C)[C@H](OC=O)c1cc(C(F)(F)F)cc(C(F)(F)F)c1. The van der Waals surface area contributed by atoms with E-state index in [1.54, 1.807) is 18.2 Å². The third kappa shape index (κ3) is 8.64. The molecule has 1 saturated heterocycles. The molecule has 2 atom stereocenters. The van der Waals surface area contributed by atoms with Crippen molar-refractivity contribution in [3.8, 4) is 22.3 Å². The highest BCUT2D eigenvalue weighted by atomic mass is 19.4. The molecule has 0 aliphatic carbocycles. The zero-order valence-electron chi connectivity index (χ0n) is 29.8. The number of likely N-dealkylation sites (N-methyl/N-ethyl adjacent to an activating group) is 1. The van der Waals surface area contributed by atoms with E-state index < -0.39 is 66.2 Å². The maximum absolute atomic E-state index is 13.9. The Morgan fingerprint density at radius 3 is 2.15 bits per heavy atom. The number of hydrogen-bond donors (Lipinski definition) is 0. The van der Waals surface area contributed by atoms with Crippen LogP contribution < -0.4 is 4.90 Å². The fourth-order valence-corrected chi connectivity index (χ4v) is 6.38. The molecular formula is C38H36F8N4O4. The highest BCUT2D eigenvalue weighted by Gasteiger charge is 2.45. The van der Waals surface area contributed by atoms with Crippen molar-refractivity contribution < 1.29 is 54.2 Å². The second-order valence-electron chi connectivity index (χ2n) is 13.1. The van der Waals surface area contributed by atoms with Gasteiger partial charge in [0.2, 0.25) is 5.95 Å². The summed E-state index contributed by atoms with van der Waals surface area (Å²) in [5, 5.41) is 0. The number of aromatic nitrogens is 2. The number of anilines is 1. The number of benzene rings is 3. The Kier molecular flexibility index (Phi) is 11.4. The number of hydrogen-bond acceptors (Lipinski definition) is 8. The van der Waals surface area contributed by atoms with Gasteiger partial charge in [-0.15, -0.1) is 0 Å². The van der Waals surface area contributed by atoms with E-state index in [1.165, 1.54) is 37.1 Å². The van der Waals surface area contributed by atoms with Crippen molar-refractivity contribution in [1.29, 1.82) is 0 Å². The number of ether oxygens (including phenoxy) is 2. The van der Waals surface area contributed by atoms with E-state index in [4.69, 9.17) is 9.47 Å². The summed E-state index contributed by atoms with van der Waals surface area (Å²) in [5.74, 6) is -3.45. The monoisotopic (exact) mass is 764 g/mol. The van der Waals surface area contributed by atoms with Crippen LogP contribution in [0.1, 0.15) is 63.8 Å². The van der Waals surface area contributed by atoms with Crippen LogP contribution in [0.3, 0.4) is 0 Å². The van der Waals surface area contributed by atoms with E-state index in [0.717, 1.165) is 22.3 Å². The number of nitrogens with zero attached hydrogens (tertiary/aromatic N) is 4. The first-order valence-electron chi connectivity index (χ1n) is 16.7. The molecule has 0 saturated carbocycles. The van der Waals surface area contributed by atoms with Gasteiger partial charge in [-0.25, -0.2) is 23.5 Å². The van der Waals surface area contributed by atoms with E-state index in [2.05, 4.69) is 9.97 Å². The van der Waals surface area contributed by atoms with Crippen molar-refractivity contribution in [1.82, 2.24) is 14.9 Å². The fourth-order valence-electron chi connectivity index (χ4n) is 6.38. The lowest BCUT2D eigenvalue weighted by molar-refractivity contribution is -0.143. The summed E-state index contributed by atoms with van der Waals surface area (Å²) in [7, 11) is 2.79. The van der Waals surface area contributed by atoms with E-state index >= 15 is 0 Å². The highest BCUT2D eigenvalue weighted by Crippen LogP contribution is 2.40. The van der Waals surface area contributed by atoms with Crippen LogP contribution in [0.4, 0.5) is 41.1 Å². The molecule has 0 bridgehead atoms. The molecule has 2 heterocycles. The molecule has 0 N–H and O–H groups in total. The smallest absolute Gasteiger partial charge is 0.416 e. The Bertz CT molecular complexity index is 2000. The lowest BCUT2D eigenvalue weighted by Gasteiger charge is -2.39. The molecule has 1 fully saturated rings. The van der Waals surface area contributed by atoms with Crippen molar-refractivity contribution >= 4 is 18.4 Å². The molecule has 5 rings (SSSR count). The molecule has 8 nitrogen and oxygen atoms in total. The highest BCUT2D eigenvalue weighted by molar-refractivity contribution is 5.91. The molecule has 0 radical (unpaired) electrons. The summed E-state index contributed by atoms with van der Waals surface area (Å²) in [4.78, 5) is 35.6. The molecule has 0 spiro atoms. The lowest BCUT2D eigenvalue weighted by atomic mass is 9.91. The van der Waals surface area contributed by atoms with Crippen molar-refractivity contribution in [2.45, 2.75) is 64.2 Å². The molecule has 0 unspecified atom stereocenters. The molecule has 1 aromatic heterocycles. The molecule has 1 aliphatic heterocycles. The summed E-state index contributed by atoms with van der Waals surface area (Å²) in [6.07, 6.45) is -9.83. The molecular weight excluding hydrogens is 728 g/mol. The van der Waals surface area contributed by atoms with Crippen molar-refractivity contribution in [2.75, 3.05) is 32.1 Å². The molecule has 288 valence electrons. The van der Waals surface area contributed by atoms with Gasteiger partial charge in [-0.3, -0.25) is 9.69 Å². The average molecular weight is 765 g/mol. The third-order valence-electron chi connectivity index (χ3n) is 9.39. The third-order valence-corrected chi connectivity index (χ3v) is 9.39. The average Bonchev–Trinajstić information content (AvgIpc) is 3.10. The van der Waals surface area contributed by atoms with Gasteiger partial charge in [-0.1, -0.05) is 25.1 Å². The minimum atomic E-state index is -5.13. The van der Waals surface area contributed by atoms with Crippen LogP contribution in [0.25, 0.3) is 22.3 Å². The zero-order chi connectivity index (χ0) is 39.7. The van der Waals surface area contributed by atoms with Crippen LogP contribution in [-0.4, -0.2) is 66.5 Å². The van der Waals surface area contributed by atoms with Gasteiger partial charge in [0, 0.05) is 24.3 Å². The first-order valence-corrected chi connectivity index (χ1v) is 16.7. The van der Waals surface area contributed by atoms with E-state index in [1.807, 2.05) is 32.0 Å². The number of aryl methyl sites for hydroxylation is 2. The quantitative estimate of drug-likeness (QED) is 0.0806. The van der Waals surface area contributed by atoms with Gasteiger partial charge < -0.3 is 14.4 Å². The van der Waals surface area contributed by atoms with Crippen LogP contribution >= 0.6 is 0 Å². The lowest BCUT2D eigenvalue weighted by Crippen LogP contribution is -2.57. The molecule has 54 heavy (non-hydrogen) atoms. The van der Waals surface area contributed by atoms with Crippen LogP contribution in [0, 0.1) is 6.92 Å². The largest absolute Gasteiger partial charge is 0.465 e. The maximum Gasteiger partial charge on any atom is 0.416 e. The van der Waals surface area contributed by atoms with Crippen molar-refractivity contribution in [3.05, 3.63) is 99.9 Å². The zero-order valence-corrected chi connectivity index (χ0v) is 29.8. The van der Waals surface area contributed by atoms with Gasteiger partial charge in [-0.2, -0.15) is 26.3 Å². The van der Waals surface area contributed by atoms with Crippen molar-refractivity contribution in [3.63, 3.8) is 0 Å². The summed E-state index contributed by atoms with van der Waals surface area (Å²) in [5.41, 5.74) is 1.34. The van der Waals surface area contributed by atoms with Gasteiger partial charge in [0.1, 0.15) is 6.10 Å². The minimum Gasteiger partial charge on any atom is -0.465 e. The van der Waals surface area contributed by atoms with Crippen LogP contribution in [-0.2, 0) is 39.6 Å². The number of esters is 1. The van der Waals surface area contributed by atoms with Gasteiger partial charge in [0.05, 0.1) is 42.6 Å². The normalized spacial score (nSPS) is 15.4. The van der Waals surface area contributed by atoms with Gasteiger partial charge in [0.15, 0.2) is 0 Å². The number of methoxy groups -OCH3 is 1. The number of rotatable bonds is 12. The Balaban J connectivity index is 1.58. The summed E-state index contributed by atoms with van der Waals surface area (Å²) >= 11 is 0. The standard InChI is InChI=1S/C38H36F8N4O4/c1-6-23-7-8-24(29-10-9-25(11-21(29)2)34(52)53-5)14-30(23)31-16-47-35(50-18-36(39,40)19-50)48-32(31)17-49(4)22(3)33(54-20-51)26-12-27(37(41,42)43)15-28(13-26)38(44,45)46/h7-16,20,22,33H,6,17-19H2,1-5H3/t22-,33-/m0/s1. The number of halogens is 8. The van der Waals surface area contributed by atoms with Crippen LogP contribution in [0.15, 0.2) is 60.8 Å². The second kappa shape index (κ2) is 15.3. The minimum absolute atomic E-state index is 0.00226. The maximum atomic E-state index is 13.9. The molecule has 0 amide bonds. The molecule has 16 heteroatoms. The number of carbonyl (C=O) groups excluding carboxylic acids is 2. The Labute approximate surface area is 305 Å². The second-order valence-corrected chi connectivity index (χ2v) is 13.1. The summed E-state index contributed by atoms with van der Waals surface area (Å²) < 4.78 is 120. The van der Waals surface area contributed by atoms with Crippen LogP contribution in [0.5, 0.6) is 0 Å². The van der Waals surface area contributed by atoms with Gasteiger partial charge in [-0.05, 0) is 97.1 Å². The predicted octanol–water partition coefficient (Wildman–Crippen LogP) is 8.70. The molecule has 3 aromatic carbocycles. The molecule has 1 aliphatic rings. The number of carbonyl (C=O) groups is 2. The van der Waals surface area contributed by atoms with E-state index in [0.29, 0.717) is 40.9 Å². The fraction of sp³-hybridized carbons (Fsp3) is 0.368. The Morgan fingerprint density at radius 1 is 0.963 bits per heavy atom. The van der Waals surface area contributed by atoms with Gasteiger partial charge >= 0.3 is 18.3 Å². The van der Waals surface area contributed by atoms with Crippen LogP contribution in [0.2, 0.25) is 0 Å². The predicted molar refractivity (Wildman–Crippen MR) is 183 cm³/mol. The van der Waals surface area contributed by atoms with Gasteiger partial charge in [0.25, 0.3) is 12.4 Å². The Hall–Kier alpha value is -5.12. The topological polar surface area (TPSA) is 84.9 Å². The molecule has 4 aromatic rings. The van der Waals surface area contributed by atoms with Crippen molar-refractivity contribution in [2.24, 2.45) is 0 Å². The van der Waals surface area contributed by atoms with E-state index in [9.17, 15) is 44.7 Å². The Morgan fingerprint density at radius 2 is 1.61 bits per heavy atom.